The lowest BCUT2D eigenvalue weighted by Gasteiger charge is -2.34. The van der Waals surface area contributed by atoms with Crippen LogP contribution in [0.5, 0.6) is 0 Å². The van der Waals surface area contributed by atoms with Crippen LogP contribution in [0.2, 0.25) is 0 Å². The molecule has 1 aliphatic heterocycles. The first-order valence-corrected chi connectivity index (χ1v) is 8.82. The molecule has 2 heterocycles. The number of carbonyl (C=O) groups excluding carboxylic acids is 2. The average Bonchev–Trinajstić information content (AvgIpc) is 2.94. The van der Waals surface area contributed by atoms with Gasteiger partial charge in [0.2, 0.25) is 5.91 Å². The summed E-state index contributed by atoms with van der Waals surface area (Å²) in [5.41, 5.74) is 3.06. The van der Waals surface area contributed by atoms with Crippen LogP contribution in [0.1, 0.15) is 16.8 Å². The van der Waals surface area contributed by atoms with Gasteiger partial charge in [0.15, 0.2) is 0 Å². The number of nitrogens with one attached hydrogen (secondary N) is 1. The van der Waals surface area contributed by atoms with E-state index in [-0.39, 0.29) is 11.9 Å². The molecule has 1 aliphatic rings. The maximum atomic E-state index is 12.5. The molecule has 1 saturated heterocycles. The summed E-state index contributed by atoms with van der Waals surface area (Å²) < 4.78 is 1.65. The first kappa shape index (κ1) is 18.0. The molecule has 7 heteroatoms. The number of carbonyl (C=O) groups is 2. The summed E-state index contributed by atoms with van der Waals surface area (Å²) in [5.74, 6) is 0.779. The normalized spacial score (nSPS) is 14.4. The van der Waals surface area contributed by atoms with Gasteiger partial charge in [0, 0.05) is 39.3 Å². The van der Waals surface area contributed by atoms with E-state index in [1.807, 2.05) is 49.1 Å². The number of aryl methyl sites for hydroxylation is 3. The Balaban J connectivity index is 1.50. The minimum absolute atomic E-state index is 0.108. The van der Waals surface area contributed by atoms with Crippen molar-refractivity contribution < 1.29 is 9.59 Å². The highest BCUT2D eigenvalue weighted by Crippen LogP contribution is 2.12. The second-order valence-corrected chi connectivity index (χ2v) is 6.75. The molecule has 7 nitrogen and oxygen atoms in total. The molecule has 0 spiro atoms. The van der Waals surface area contributed by atoms with Gasteiger partial charge in [-0.25, -0.2) is 4.79 Å². The summed E-state index contributed by atoms with van der Waals surface area (Å²) in [7, 11) is 1.80. The van der Waals surface area contributed by atoms with Crippen LogP contribution >= 0.6 is 0 Å². The van der Waals surface area contributed by atoms with Crippen molar-refractivity contribution in [1.29, 1.82) is 0 Å². The molecule has 2 aromatic rings. The quantitative estimate of drug-likeness (QED) is 0.915. The standard InChI is InChI=1S/C19H25N5O2/c1-14-4-6-16(7-5-14)13-18(25)23-8-10-24(11-9-23)19(26)20-17-12-15(2)21-22(17)3/h4-7,12H,8-11,13H2,1-3H3,(H,20,26). The summed E-state index contributed by atoms with van der Waals surface area (Å²) in [4.78, 5) is 28.4. The van der Waals surface area contributed by atoms with E-state index in [9.17, 15) is 9.59 Å². The summed E-state index contributed by atoms with van der Waals surface area (Å²) in [6.45, 7) is 6.09. The Kier molecular flexibility index (Phi) is 5.25. The summed E-state index contributed by atoms with van der Waals surface area (Å²) in [6.07, 6.45) is 0.404. The fourth-order valence-electron chi connectivity index (χ4n) is 3.07. The van der Waals surface area contributed by atoms with Crippen LogP contribution in [0.25, 0.3) is 0 Å². The Morgan fingerprint density at radius 1 is 1.04 bits per heavy atom. The van der Waals surface area contributed by atoms with Crippen molar-refractivity contribution >= 4 is 17.8 Å². The molecule has 26 heavy (non-hydrogen) atoms. The third-order valence-electron chi connectivity index (χ3n) is 4.63. The fourth-order valence-corrected chi connectivity index (χ4v) is 3.07. The number of amides is 3. The molecular formula is C19H25N5O2. The third-order valence-corrected chi connectivity index (χ3v) is 4.63. The monoisotopic (exact) mass is 355 g/mol. The minimum atomic E-state index is -0.154. The molecule has 0 bridgehead atoms. The van der Waals surface area contributed by atoms with Crippen LogP contribution in [-0.4, -0.2) is 57.7 Å². The molecule has 3 rings (SSSR count). The zero-order valence-corrected chi connectivity index (χ0v) is 15.5. The highest BCUT2D eigenvalue weighted by atomic mass is 16.2. The van der Waals surface area contributed by atoms with Gasteiger partial charge in [-0.2, -0.15) is 5.10 Å². The number of anilines is 1. The Morgan fingerprint density at radius 3 is 2.23 bits per heavy atom. The van der Waals surface area contributed by atoms with Crippen LogP contribution in [0, 0.1) is 13.8 Å². The van der Waals surface area contributed by atoms with Crippen molar-refractivity contribution in [1.82, 2.24) is 19.6 Å². The molecule has 138 valence electrons. The van der Waals surface area contributed by atoms with E-state index in [0.29, 0.717) is 38.4 Å². The maximum absolute atomic E-state index is 12.5. The second-order valence-electron chi connectivity index (χ2n) is 6.75. The van der Waals surface area contributed by atoms with Gasteiger partial charge in [-0.1, -0.05) is 29.8 Å². The lowest BCUT2D eigenvalue weighted by atomic mass is 10.1. The number of hydrogen-bond donors (Lipinski definition) is 1. The molecule has 0 radical (unpaired) electrons. The Labute approximate surface area is 153 Å². The first-order chi connectivity index (χ1) is 12.4. The van der Waals surface area contributed by atoms with Crippen LogP contribution < -0.4 is 5.32 Å². The minimum Gasteiger partial charge on any atom is -0.339 e. The Hall–Kier alpha value is -2.83. The van der Waals surface area contributed by atoms with Gasteiger partial charge in [0.05, 0.1) is 12.1 Å². The smallest absolute Gasteiger partial charge is 0.323 e. The Bertz CT molecular complexity index is 789. The second kappa shape index (κ2) is 7.59. The van der Waals surface area contributed by atoms with Crippen LogP contribution in [0.3, 0.4) is 0 Å². The number of benzene rings is 1. The van der Waals surface area contributed by atoms with Crippen LogP contribution in [0.15, 0.2) is 30.3 Å². The molecule has 1 aromatic heterocycles. The molecule has 1 fully saturated rings. The van der Waals surface area contributed by atoms with E-state index in [4.69, 9.17) is 0 Å². The number of hydrogen-bond acceptors (Lipinski definition) is 3. The molecule has 1 aromatic carbocycles. The number of piperazine rings is 1. The zero-order valence-electron chi connectivity index (χ0n) is 15.5. The number of aromatic nitrogens is 2. The van der Waals surface area contributed by atoms with Gasteiger partial charge < -0.3 is 9.80 Å². The Morgan fingerprint density at radius 2 is 1.65 bits per heavy atom. The summed E-state index contributed by atoms with van der Waals surface area (Å²) in [6, 6.07) is 9.70. The maximum Gasteiger partial charge on any atom is 0.323 e. The SMILES string of the molecule is Cc1ccc(CC(=O)N2CCN(C(=O)Nc3cc(C)nn3C)CC2)cc1. The van der Waals surface area contributed by atoms with Gasteiger partial charge in [-0.15, -0.1) is 0 Å². The van der Waals surface area contributed by atoms with Crippen molar-refractivity contribution in [2.24, 2.45) is 7.05 Å². The highest BCUT2D eigenvalue weighted by molar-refractivity contribution is 5.88. The van der Waals surface area contributed by atoms with E-state index in [2.05, 4.69) is 10.4 Å². The van der Waals surface area contributed by atoms with Gasteiger partial charge in [0.1, 0.15) is 5.82 Å². The largest absolute Gasteiger partial charge is 0.339 e. The molecule has 0 saturated carbocycles. The average molecular weight is 355 g/mol. The molecule has 1 N–H and O–H groups in total. The van der Waals surface area contributed by atoms with Crippen molar-refractivity contribution in [3.8, 4) is 0 Å². The predicted octanol–water partition coefficient (Wildman–Crippen LogP) is 1.96. The van der Waals surface area contributed by atoms with E-state index < -0.39 is 0 Å². The molecule has 0 atom stereocenters. The number of urea groups is 1. The fraction of sp³-hybridized carbons (Fsp3) is 0.421. The van der Waals surface area contributed by atoms with Crippen molar-refractivity contribution in [3.05, 3.63) is 47.2 Å². The van der Waals surface area contributed by atoms with E-state index in [1.165, 1.54) is 5.56 Å². The van der Waals surface area contributed by atoms with E-state index in [1.54, 1.807) is 16.6 Å². The lowest BCUT2D eigenvalue weighted by molar-refractivity contribution is -0.131. The summed E-state index contributed by atoms with van der Waals surface area (Å²) >= 11 is 0. The number of nitrogens with zero attached hydrogens (tertiary/aromatic N) is 4. The summed E-state index contributed by atoms with van der Waals surface area (Å²) in [5, 5.41) is 7.09. The van der Waals surface area contributed by atoms with E-state index in [0.717, 1.165) is 11.3 Å². The molecule has 0 unspecified atom stereocenters. The first-order valence-electron chi connectivity index (χ1n) is 8.82. The van der Waals surface area contributed by atoms with Crippen LogP contribution in [0.4, 0.5) is 10.6 Å². The third kappa shape index (κ3) is 4.22. The zero-order chi connectivity index (χ0) is 18.7. The lowest BCUT2D eigenvalue weighted by Crippen LogP contribution is -2.52. The predicted molar refractivity (Wildman–Crippen MR) is 100.0 cm³/mol. The van der Waals surface area contributed by atoms with Crippen LogP contribution in [-0.2, 0) is 18.3 Å². The highest BCUT2D eigenvalue weighted by Gasteiger charge is 2.24. The van der Waals surface area contributed by atoms with Crippen molar-refractivity contribution in [3.63, 3.8) is 0 Å². The van der Waals surface area contributed by atoms with Gasteiger partial charge >= 0.3 is 6.03 Å². The van der Waals surface area contributed by atoms with Gasteiger partial charge in [-0.05, 0) is 19.4 Å². The van der Waals surface area contributed by atoms with Gasteiger partial charge in [-0.3, -0.25) is 14.8 Å². The van der Waals surface area contributed by atoms with E-state index >= 15 is 0 Å². The topological polar surface area (TPSA) is 70.5 Å². The van der Waals surface area contributed by atoms with Gasteiger partial charge in [0.25, 0.3) is 0 Å². The number of rotatable bonds is 3. The van der Waals surface area contributed by atoms with Crippen molar-refractivity contribution in [2.45, 2.75) is 20.3 Å². The molecule has 3 amide bonds. The van der Waals surface area contributed by atoms with Crippen molar-refractivity contribution in [2.75, 3.05) is 31.5 Å². The molecule has 0 aliphatic carbocycles. The molecular weight excluding hydrogens is 330 g/mol.